The lowest BCUT2D eigenvalue weighted by molar-refractivity contribution is 0.102. The summed E-state index contributed by atoms with van der Waals surface area (Å²) < 4.78 is 5.12. The Balaban J connectivity index is 1.93. The van der Waals surface area contributed by atoms with Crippen molar-refractivity contribution in [3.63, 3.8) is 0 Å². The van der Waals surface area contributed by atoms with Gasteiger partial charge in [-0.25, -0.2) is 0 Å². The molecule has 0 bridgehead atoms. The first kappa shape index (κ1) is 15.4. The van der Waals surface area contributed by atoms with Gasteiger partial charge in [-0.15, -0.1) is 0 Å². The normalized spacial score (nSPS) is 10.2. The lowest BCUT2D eigenvalue weighted by atomic mass is 10.1. The van der Waals surface area contributed by atoms with E-state index in [9.17, 15) is 9.90 Å². The minimum atomic E-state index is -0.440. The third-order valence-corrected chi connectivity index (χ3v) is 3.69. The van der Waals surface area contributed by atoms with Crippen LogP contribution in [0.1, 0.15) is 15.9 Å². The molecule has 3 rings (SSSR count). The molecule has 3 aromatic rings. The summed E-state index contributed by atoms with van der Waals surface area (Å²) in [6.07, 6.45) is 0. The number of aromatic hydroxyl groups is 1. The van der Waals surface area contributed by atoms with Crippen LogP contribution in [0, 0.1) is 11.3 Å². The molecular weight excluding hydrogens is 304 g/mol. The maximum Gasteiger partial charge on any atom is 0.259 e. The third-order valence-electron chi connectivity index (χ3n) is 3.69. The van der Waals surface area contributed by atoms with Gasteiger partial charge < -0.3 is 15.2 Å². The fraction of sp³-hybridized carbons (Fsp3) is 0.0526. The Bertz CT molecular complexity index is 974. The second-order valence-electron chi connectivity index (χ2n) is 5.20. The summed E-state index contributed by atoms with van der Waals surface area (Å²) in [5.41, 5.74) is 1.03. The van der Waals surface area contributed by atoms with Crippen LogP contribution in [0.3, 0.4) is 0 Å². The fourth-order valence-electron chi connectivity index (χ4n) is 2.47. The van der Waals surface area contributed by atoms with Gasteiger partial charge in [-0.2, -0.15) is 5.26 Å². The molecule has 0 radical (unpaired) electrons. The van der Waals surface area contributed by atoms with Crippen LogP contribution in [0.25, 0.3) is 10.8 Å². The number of methoxy groups -OCH3 is 1. The van der Waals surface area contributed by atoms with Gasteiger partial charge in [-0.1, -0.05) is 24.3 Å². The number of fused-ring (bicyclic) bond motifs is 1. The first-order valence-electron chi connectivity index (χ1n) is 7.23. The van der Waals surface area contributed by atoms with Gasteiger partial charge >= 0.3 is 0 Å². The highest BCUT2D eigenvalue weighted by atomic mass is 16.5. The molecule has 0 fully saturated rings. The minimum absolute atomic E-state index is 0.0909. The van der Waals surface area contributed by atoms with Gasteiger partial charge in [-0.3, -0.25) is 4.79 Å². The smallest absolute Gasteiger partial charge is 0.259 e. The molecule has 0 unspecified atom stereocenters. The molecule has 118 valence electrons. The number of ether oxygens (including phenoxy) is 1. The molecule has 0 aliphatic heterocycles. The van der Waals surface area contributed by atoms with Crippen LogP contribution in [-0.4, -0.2) is 18.1 Å². The maximum absolute atomic E-state index is 12.5. The lowest BCUT2D eigenvalue weighted by Crippen LogP contribution is -2.12. The van der Waals surface area contributed by atoms with Crippen LogP contribution in [0.5, 0.6) is 11.5 Å². The number of rotatable bonds is 3. The molecule has 0 aliphatic carbocycles. The number of nitriles is 1. The van der Waals surface area contributed by atoms with E-state index in [1.807, 2.05) is 30.3 Å². The minimum Gasteiger partial charge on any atom is -0.507 e. The molecule has 1 amide bonds. The number of hydrogen-bond acceptors (Lipinski definition) is 4. The zero-order chi connectivity index (χ0) is 17.1. The topological polar surface area (TPSA) is 82.3 Å². The lowest BCUT2D eigenvalue weighted by Gasteiger charge is -2.10. The zero-order valence-electron chi connectivity index (χ0n) is 12.9. The molecule has 5 nitrogen and oxygen atoms in total. The zero-order valence-corrected chi connectivity index (χ0v) is 12.9. The van der Waals surface area contributed by atoms with E-state index in [0.29, 0.717) is 17.0 Å². The standard InChI is InChI=1S/C19H14N2O3/c1-24-18-10-15(7-6-14(18)11-20)21-19(23)16-8-12-4-2-3-5-13(12)9-17(16)22/h2-10,22H,1H3,(H,21,23). The van der Waals surface area contributed by atoms with Crippen LogP contribution in [-0.2, 0) is 0 Å². The molecule has 0 aliphatic rings. The van der Waals surface area contributed by atoms with E-state index < -0.39 is 5.91 Å². The second-order valence-corrected chi connectivity index (χ2v) is 5.20. The van der Waals surface area contributed by atoms with Crippen molar-refractivity contribution in [2.45, 2.75) is 0 Å². The highest BCUT2D eigenvalue weighted by molar-refractivity contribution is 6.08. The Morgan fingerprint density at radius 3 is 2.50 bits per heavy atom. The number of phenols is 1. The average molecular weight is 318 g/mol. The van der Waals surface area contributed by atoms with E-state index in [4.69, 9.17) is 10.00 Å². The number of nitrogens with zero attached hydrogens (tertiary/aromatic N) is 1. The second kappa shape index (κ2) is 6.31. The van der Waals surface area contributed by atoms with Crippen molar-refractivity contribution in [2.75, 3.05) is 12.4 Å². The molecule has 24 heavy (non-hydrogen) atoms. The fourth-order valence-corrected chi connectivity index (χ4v) is 2.47. The van der Waals surface area contributed by atoms with Gasteiger partial charge in [0.2, 0.25) is 0 Å². The van der Waals surface area contributed by atoms with Gasteiger partial charge in [0.15, 0.2) is 0 Å². The number of anilines is 1. The first-order chi connectivity index (χ1) is 11.6. The van der Waals surface area contributed by atoms with Crippen molar-refractivity contribution in [1.29, 1.82) is 5.26 Å². The van der Waals surface area contributed by atoms with E-state index >= 15 is 0 Å². The molecule has 0 atom stereocenters. The number of amides is 1. The Morgan fingerprint density at radius 1 is 1.12 bits per heavy atom. The van der Waals surface area contributed by atoms with E-state index in [2.05, 4.69) is 5.32 Å². The SMILES string of the molecule is COc1cc(NC(=O)c2cc3ccccc3cc2O)ccc1C#N. The number of carbonyl (C=O) groups is 1. The van der Waals surface area contributed by atoms with Crippen molar-refractivity contribution in [1.82, 2.24) is 0 Å². The predicted molar refractivity (Wildman–Crippen MR) is 91.3 cm³/mol. The highest BCUT2D eigenvalue weighted by Gasteiger charge is 2.14. The van der Waals surface area contributed by atoms with Crippen molar-refractivity contribution in [2.24, 2.45) is 0 Å². The van der Waals surface area contributed by atoms with Crippen LogP contribution in [0.15, 0.2) is 54.6 Å². The Morgan fingerprint density at radius 2 is 1.83 bits per heavy atom. The summed E-state index contributed by atoms with van der Waals surface area (Å²) >= 11 is 0. The van der Waals surface area contributed by atoms with E-state index in [1.54, 1.807) is 30.3 Å². The molecule has 0 heterocycles. The molecule has 0 aromatic heterocycles. The summed E-state index contributed by atoms with van der Waals surface area (Å²) in [6.45, 7) is 0. The average Bonchev–Trinajstić information content (AvgIpc) is 2.60. The van der Waals surface area contributed by atoms with Crippen molar-refractivity contribution in [3.05, 3.63) is 65.7 Å². The predicted octanol–water partition coefficient (Wildman–Crippen LogP) is 3.68. The summed E-state index contributed by atoms with van der Waals surface area (Å²) in [5, 5.41) is 23.5. The van der Waals surface area contributed by atoms with Crippen molar-refractivity contribution >= 4 is 22.4 Å². The molecular formula is C19H14N2O3. The Labute approximate surface area is 138 Å². The third kappa shape index (κ3) is 2.85. The maximum atomic E-state index is 12.5. The van der Waals surface area contributed by atoms with Gasteiger partial charge in [0.25, 0.3) is 5.91 Å². The molecule has 5 heteroatoms. The van der Waals surface area contributed by atoms with Crippen LogP contribution < -0.4 is 10.1 Å². The van der Waals surface area contributed by atoms with Crippen LogP contribution in [0.4, 0.5) is 5.69 Å². The number of carbonyl (C=O) groups excluding carboxylic acids is 1. The first-order valence-corrected chi connectivity index (χ1v) is 7.23. The Hall–Kier alpha value is -3.52. The number of hydrogen-bond donors (Lipinski definition) is 2. The largest absolute Gasteiger partial charge is 0.507 e. The Kier molecular flexibility index (Phi) is 4.04. The van der Waals surface area contributed by atoms with Gasteiger partial charge in [0, 0.05) is 11.8 Å². The highest BCUT2D eigenvalue weighted by Crippen LogP contribution is 2.27. The van der Waals surface area contributed by atoms with Crippen molar-refractivity contribution in [3.8, 4) is 17.6 Å². The molecule has 0 saturated heterocycles. The monoisotopic (exact) mass is 318 g/mol. The summed E-state index contributed by atoms with van der Waals surface area (Å²) in [5.74, 6) is -0.158. The van der Waals surface area contributed by atoms with Crippen LogP contribution >= 0.6 is 0 Å². The molecule has 3 aromatic carbocycles. The summed E-state index contributed by atoms with van der Waals surface area (Å²) in [7, 11) is 1.46. The summed E-state index contributed by atoms with van der Waals surface area (Å²) in [4.78, 5) is 12.5. The quantitative estimate of drug-likeness (QED) is 0.772. The molecule has 0 spiro atoms. The number of benzene rings is 3. The van der Waals surface area contributed by atoms with Gasteiger partial charge in [0.05, 0.1) is 18.2 Å². The molecule has 0 saturated carbocycles. The van der Waals surface area contributed by atoms with Crippen LogP contribution in [0.2, 0.25) is 0 Å². The number of phenolic OH excluding ortho intramolecular Hbond substituents is 1. The number of nitrogens with one attached hydrogen (secondary N) is 1. The van der Waals surface area contributed by atoms with Gasteiger partial charge in [0.1, 0.15) is 17.6 Å². The van der Waals surface area contributed by atoms with E-state index in [0.717, 1.165) is 10.8 Å². The molecule has 2 N–H and O–H groups in total. The van der Waals surface area contributed by atoms with Crippen molar-refractivity contribution < 1.29 is 14.6 Å². The van der Waals surface area contributed by atoms with Gasteiger partial charge in [-0.05, 0) is 35.0 Å². The summed E-state index contributed by atoms with van der Waals surface area (Å²) in [6, 6.07) is 17.4. The van der Waals surface area contributed by atoms with E-state index in [-0.39, 0.29) is 11.3 Å². The van der Waals surface area contributed by atoms with E-state index in [1.165, 1.54) is 7.11 Å².